The van der Waals surface area contributed by atoms with Gasteiger partial charge in [-0.15, -0.1) is 5.10 Å². The van der Waals surface area contributed by atoms with E-state index in [0.29, 0.717) is 48.3 Å². The quantitative estimate of drug-likeness (QED) is 0.405. The second kappa shape index (κ2) is 9.10. The summed E-state index contributed by atoms with van der Waals surface area (Å²) in [7, 11) is 1.41. The van der Waals surface area contributed by atoms with E-state index < -0.39 is 24.9 Å². The molecule has 0 amide bonds. The molecular formula is C23H24F4N8O2. The Bertz CT molecular complexity index is 1560. The molecule has 5 heterocycles. The smallest absolute Gasteiger partial charge is 0.408 e. The monoisotopic (exact) mass is 521 g/mol. The van der Waals surface area contributed by atoms with Gasteiger partial charge in [-0.1, -0.05) is 11.3 Å². The highest BCUT2D eigenvalue weighted by Gasteiger charge is 2.35. The summed E-state index contributed by atoms with van der Waals surface area (Å²) in [6.07, 6.45) is -5.10. The molecule has 2 saturated heterocycles. The molecule has 1 aromatic carbocycles. The van der Waals surface area contributed by atoms with Crippen LogP contribution in [0, 0.1) is 0 Å². The SMILES string of the molecule is [2H]c1cc(-c2ccc3nnn(CC(F)(F)F)c3c2)c2c(OC)nc(=N[C@@H]3CCN(C4COC4)C[C@@H]3F)[nH]n12. The number of halogens is 4. The van der Waals surface area contributed by atoms with Gasteiger partial charge in [-0.05, 0) is 30.2 Å². The summed E-state index contributed by atoms with van der Waals surface area (Å²) in [4.78, 5) is 11.0. The van der Waals surface area contributed by atoms with Crippen LogP contribution in [0.1, 0.15) is 7.79 Å². The lowest BCUT2D eigenvalue weighted by Gasteiger charge is -2.41. The van der Waals surface area contributed by atoms with E-state index in [2.05, 4.69) is 30.3 Å². The van der Waals surface area contributed by atoms with Crippen LogP contribution in [0.5, 0.6) is 5.88 Å². The largest absolute Gasteiger partial charge is 0.479 e. The van der Waals surface area contributed by atoms with Crippen LogP contribution in [-0.2, 0) is 11.3 Å². The third-order valence-corrected chi connectivity index (χ3v) is 6.75. The number of rotatable bonds is 5. The molecule has 10 nitrogen and oxygen atoms in total. The Kier molecular flexibility index (Phi) is 5.57. The number of nitrogens with one attached hydrogen (secondary N) is 1. The third-order valence-electron chi connectivity index (χ3n) is 6.75. The molecule has 0 spiro atoms. The lowest BCUT2D eigenvalue weighted by molar-refractivity contribution is -0.142. The summed E-state index contributed by atoms with van der Waals surface area (Å²) in [5.74, 6) is 0.137. The normalized spacial score (nSPS) is 22.5. The van der Waals surface area contributed by atoms with Gasteiger partial charge < -0.3 is 9.47 Å². The number of aromatic amines is 1. The third kappa shape index (κ3) is 4.55. The topological polar surface area (TPSA) is 97.9 Å². The zero-order valence-corrected chi connectivity index (χ0v) is 19.7. The van der Waals surface area contributed by atoms with Gasteiger partial charge in [0.1, 0.15) is 23.7 Å². The zero-order valence-electron chi connectivity index (χ0n) is 20.7. The summed E-state index contributed by atoms with van der Waals surface area (Å²) in [5, 5.41) is 10.4. The molecular weight excluding hydrogens is 496 g/mol. The van der Waals surface area contributed by atoms with Crippen molar-refractivity contribution < 1.29 is 28.4 Å². The van der Waals surface area contributed by atoms with Crippen molar-refractivity contribution in [2.45, 2.75) is 37.4 Å². The maximum absolute atomic E-state index is 15.0. The van der Waals surface area contributed by atoms with Crippen molar-refractivity contribution >= 4 is 16.6 Å². The average molecular weight is 521 g/mol. The van der Waals surface area contributed by atoms with Gasteiger partial charge >= 0.3 is 6.18 Å². The molecule has 0 radical (unpaired) electrons. The fraction of sp³-hybridized carbons (Fsp3) is 0.478. The first-order chi connectivity index (χ1) is 18.2. The number of fused-ring (bicyclic) bond motifs is 2. The lowest BCUT2D eigenvalue weighted by atomic mass is 10.0. The van der Waals surface area contributed by atoms with Gasteiger partial charge in [0.25, 0.3) is 0 Å². The highest BCUT2D eigenvalue weighted by molar-refractivity contribution is 5.89. The van der Waals surface area contributed by atoms with Crippen molar-refractivity contribution in [2.24, 2.45) is 4.99 Å². The molecule has 2 fully saturated rings. The van der Waals surface area contributed by atoms with Gasteiger partial charge in [-0.2, -0.15) is 18.2 Å². The molecule has 37 heavy (non-hydrogen) atoms. The minimum atomic E-state index is -4.46. The van der Waals surface area contributed by atoms with Crippen LogP contribution in [0.2, 0.25) is 0 Å². The second-order valence-corrected chi connectivity index (χ2v) is 9.18. The highest BCUT2D eigenvalue weighted by Crippen LogP contribution is 2.32. The van der Waals surface area contributed by atoms with Crippen LogP contribution < -0.4 is 10.4 Å². The Morgan fingerprint density at radius 2 is 2.14 bits per heavy atom. The minimum absolute atomic E-state index is 0.0331. The van der Waals surface area contributed by atoms with E-state index in [1.165, 1.54) is 23.8 Å². The fourth-order valence-corrected chi connectivity index (χ4v) is 4.78. The van der Waals surface area contributed by atoms with Gasteiger partial charge in [-0.3, -0.25) is 14.5 Å². The molecule has 0 saturated carbocycles. The number of likely N-dealkylation sites (tertiary alicyclic amines) is 1. The number of nitrogens with zero attached hydrogens (tertiary/aromatic N) is 7. The second-order valence-electron chi connectivity index (χ2n) is 9.18. The molecule has 4 aromatic rings. The summed E-state index contributed by atoms with van der Waals surface area (Å²) in [6.45, 7) is 0.921. The maximum Gasteiger partial charge on any atom is 0.408 e. The van der Waals surface area contributed by atoms with Crippen molar-refractivity contribution in [3.05, 3.63) is 36.1 Å². The number of H-pyrrole nitrogens is 1. The van der Waals surface area contributed by atoms with E-state index in [1.54, 1.807) is 12.1 Å². The van der Waals surface area contributed by atoms with E-state index in [4.69, 9.17) is 10.8 Å². The number of piperidine rings is 1. The minimum Gasteiger partial charge on any atom is -0.479 e. The van der Waals surface area contributed by atoms with Crippen LogP contribution in [0.4, 0.5) is 17.6 Å². The lowest BCUT2D eigenvalue weighted by Crippen LogP contribution is -2.55. The number of hydrogen-bond acceptors (Lipinski definition) is 7. The molecule has 2 aliphatic heterocycles. The van der Waals surface area contributed by atoms with Crippen LogP contribution in [0.25, 0.3) is 27.7 Å². The average Bonchev–Trinajstić information content (AvgIpc) is 3.38. The molecule has 14 heteroatoms. The van der Waals surface area contributed by atoms with E-state index >= 15 is 0 Å². The molecule has 196 valence electrons. The van der Waals surface area contributed by atoms with E-state index in [1.807, 2.05) is 0 Å². The highest BCUT2D eigenvalue weighted by atomic mass is 19.4. The van der Waals surface area contributed by atoms with E-state index in [-0.39, 0.29) is 35.8 Å². The number of alkyl halides is 4. The first-order valence-corrected chi connectivity index (χ1v) is 11.8. The van der Waals surface area contributed by atoms with Gasteiger partial charge in [0, 0.05) is 24.8 Å². The van der Waals surface area contributed by atoms with Crippen LogP contribution >= 0.6 is 0 Å². The molecule has 0 unspecified atom stereocenters. The first-order valence-electron chi connectivity index (χ1n) is 12.3. The van der Waals surface area contributed by atoms with Crippen molar-refractivity contribution in [1.29, 1.82) is 0 Å². The van der Waals surface area contributed by atoms with Crippen molar-refractivity contribution in [3.63, 3.8) is 0 Å². The first kappa shape index (κ1) is 22.7. The molecule has 1 N–H and O–H groups in total. The molecule has 6 rings (SSSR count). The summed E-state index contributed by atoms with van der Waals surface area (Å²) < 4.78 is 75.4. The molecule has 3 aromatic heterocycles. The predicted molar refractivity (Wildman–Crippen MR) is 124 cm³/mol. The Morgan fingerprint density at radius 3 is 2.84 bits per heavy atom. The number of methoxy groups -OCH3 is 1. The number of benzene rings is 1. The van der Waals surface area contributed by atoms with Gasteiger partial charge in [0.05, 0.1) is 39.3 Å². The van der Waals surface area contributed by atoms with E-state index in [9.17, 15) is 17.6 Å². The number of aromatic nitrogens is 6. The maximum atomic E-state index is 15.0. The fourth-order valence-electron chi connectivity index (χ4n) is 4.78. The molecule has 2 atom stereocenters. The molecule has 0 aliphatic carbocycles. The van der Waals surface area contributed by atoms with Gasteiger partial charge in [0.2, 0.25) is 11.5 Å². The van der Waals surface area contributed by atoms with Crippen LogP contribution in [0.15, 0.2) is 35.4 Å². The number of hydrogen-bond donors (Lipinski definition) is 1. The van der Waals surface area contributed by atoms with Crippen LogP contribution in [-0.4, -0.2) is 92.3 Å². The van der Waals surface area contributed by atoms with Crippen LogP contribution in [0.3, 0.4) is 0 Å². The Labute approximate surface area is 208 Å². The Hall–Kier alpha value is -3.52. The van der Waals surface area contributed by atoms with Crippen molar-refractivity contribution in [3.8, 4) is 17.0 Å². The van der Waals surface area contributed by atoms with E-state index in [0.717, 1.165) is 4.68 Å². The predicted octanol–water partition coefficient (Wildman–Crippen LogP) is 2.36. The molecule has 2 aliphatic rings. The van der Waals surface area contributed by atoms with Crippen molar-refractivity contribution in [2.75, 3.05) is 33.4 Å². The number of ether oxygens (including phenoxy) is 2. The summed E-state index contributed by atoms with van der Waals surface area (Å²) >= 11 is 0. The van der Waals surface area contributed by atoms with Crippen molar-refractivity contribution in [1.82, 2.24) is 34.5 Å². The Balaban J connectivity index is 1.37. The van der Waals surface area contributed by atoms with Gasteiger partial charge in [-0.25, -0.2) is 14.1 Å². The summed E-state index contributed by atoms with van der Waals surface area (Å²) in [5.41, 5.74) is 2.03. The zero-order chi connectivity index (χ0) is 26.6. The van der Waals surface area contributed by atoms with Gasteiger partial charge in [0.15, 0.2) is 0 Å². The molecule has 0 bridgehead atoms. The summed E-state index contributed by atoms with van der Waals surface area (Å²) in [6, 6.07) is 5.95. The standard InChI is InChI=1S/C23H24F4N8O2/c1-36-21-20-15(13-2-3-18-19(8-13)35(32-30-18)12-23(25,26)27)4-7-34(20)31-22(29-21)28-17-5-6-33(9-16(17)24)14-10-37-11-14/h2-4,7-8,14,16-17H,5-6,9-12H2,1H3,(H,28,31)/t16-,17+/m0/s1/i7D. The Morgan fingerprint density at radius 1 is 1.30 bits per heavy atom.